The molecule has 2 aromatic heterocycles. The number of nitrogens with zero attached hydrogens (tertiary/aromatic N) is 4. The van der Waals surface area contributed by atoms with Crippen molar-refractivity contribution in [1.29, 1.82) is 0 Å². The van der Waals surface area contributed by atoms with Gasteiger partial charge in [0.25, 0.3) is 11.5 Å². The second-order valence-corrected chi connectivity index (χ2v) is 8.25. The average Bonchev–Trinajstić information content (AvgIpc) is 3.27. The normalized spacial score (nSPS) is 12.9. The molecule has 2 aromatic carbocycles. The number of ether oxygens (including phenoxy) is 1. The lowest BCUT2D eigenvalue weighted by Crippen LogP contribution is -2.37. The van der Waals surface area contributed by atoms with E-state index in [0.717, 1.165) is 27.6 Å². The first-order valence-electron chi connectivity index (χ1n) is 10.5. The summed E-state index contributed by atoms with van der Waals surface area (Å²) in [5.74, 6) is -0.562. The summed E-state index contributed by atoms with van der Waals surface area (Å²) in [6.07, 6.45) is 0.557. The Balaban J connectivity index is 1.50. The molecule has 3 heterocycles. The van der Waals surface area contributed by atoms with Gasteiger partial charge in [-0.25, -0.2) is 0 Å². The summed E-state index contributed by atoms with van der Waals surface area (Å²) >= 11 is 6.15. The van der Waals surface area contributed by atoms with Crippen LogP contribution in [-0.2, 0) is 13.0 Å². The van der Waals surface area contributed by atoms with Gasteiger partial charge in [-0.1, -0.05) is 35.9 Å². The molecular formula is C24H20ClN5O4. The van der Waals surface area contributed by atoms with E-state index in [9.17, 15) is 14.7 Å². The Hall–Kier alpha value is -4.11. The topological polar surface area (TPSA) is 113 Å². The third-order valence-corrected chi connectivity index (χ3v) is 5.98. The first-order valence-corrected chi connectivity index (χ1v) is 10.9. The maximum atomic E-state index is 13.4. The van der Waals surface area contributed by atoms with Gasteiger partial charge in [0.1, 0.15) is 11.4 Å². The molecule has 1 aliphatic heterocycles. The SMILES string of the molecule is COc1ccccc1-n1nc(C(=O)N2CCc3[nH]nc(-c4cccc(Cl)c4)c3C2)c(O)cc1=O. The highest BCUT2D eigenvalue weighted by atomic mass is 35.5. The number of carbonyl (C=O) groups excluding carboxylic acids is 1. The molecule has 172 valence electrons. The lowest BCUT2D eigenvalue weighted by Gasteiger charge is -2.27. The van der Waals surface area contributed by atoms with Gasteiger partial charge in [0, 0.05) is 40.9 Å². The number of halogens is 1. The van der Waals surface area contributed by atoms with Crippen LogP contribution < -0.4 is 10.3 Å². The standard InChI is InChI=1S/C24H20ClN5O4/c1-34-20-8-3-2-7-18(20)30-21(32)12-19(31)23(28-30)24(33)29-10-9-17-16(13-29)22(27-26-17)14-5-4-6-15(25)11-14/h2-8,11-12,31H,9-10,13H2,1H3,(H,26,27). The summed E-state index contributed by atoms with van der Waals surface area (Å²) in [5, 5.41) is 22.7. The van der Waals surface area contributed by atoms with E-state index >= 15 is 0 Å². The molecule has 0 bridgehead atoms. The summed E-state index contributed by atoms with van der Waals surface area (Å²) in [6, 6.07) is 15.1. The van der Waals surface area contributed by atoms with Gasteiger partial charge in [-0.15, -0.1) is 0 Å². The molecule has 10 heteroatoms. The number of para-hydroxylation sites is 2. The van der Waals surface area contributed by atoms with Gasteiger partial charge in [0.05, 0.1) is 19.3 Å². The predicted octanol–water partition coefficient (Wildman–Crippen LogP) is 3.19. The molecule has 4 aromatic rings. The number of amides is 1. The summed E-state index contributed by atoms with van der Waals surface area (Å²) in [4.78, 5) is 27.5. The van der Waals surface area contributed by atoms with Gasteiger partial charge in [-0.2, -0.15) is 14.9 Å². The van der Waals surface area contributed by atoms with Crippen LogP contribution in [-0.4, -0.2) is 49.5 Å². The van der Waals surface area contributed by atoms with Gasteiger partial charge in [0.15, 0.2) is 11.4 Å². The van der Waals surface area contributed by atoms with Gasteiger partial charge < -0.3 is 14.7 Å². The number of aromatic nitrogens is 4. The third kappa shape index (κ3) is 3.80. The fourth-order valence-electron chi connectivity index (χ4n) is 4.07. The third-order valence-electron chi connectivity index (χ3n) is 5.75. The number of aromatic hydroxyl groups is 1. The molecule has 5 rings (SSSR count). The largest absolute Gasteiger partial charge is 0.505 e. The zero-order valence-electron chi connectivity index (χ0n) is 18.2. The second-order valence-electron chi connectivity index (χ2n) is 7.82. The molecule has 1 amide bonds. The van der Waals surface area contributed by atoms with Crippen LogP contribution in [0.5, 0.6) is 11.5 Å². The van der Waals surface area contributed by atoms with Crippen molar-refractivity contribution in [3.05, 3.63) is 86.9 Å². The molecule has 0 unspecified atom stereocenters. The molecule has 2 N–H and O–H groups in total. The van der Waals surface area contributed by atoms with Crippen molar-refractivity contribution in [2.24, 2.45) is 0 Å². The highest BCUT2D eigenvalue weighted by Crippen LogP contribution is 2.31. The molecule has 0 atom stereocenters. The van der Waals surface area contributed by atoms with Crippen molar-refractivity contribution in [1.82, 2.24) is 24.9 Å². The van der Waals surface area contributed by atoms with Crippen LogP contribution in [0.1, 0.15) is 21.7 Å². The highest BCUT2D eigenvalue weighted by Gasteiger charge is 2.29. The Morgan fingerprint density at radius 1 is 1.18 bits per heavy atom. The minimum atomic E-state index is -0.586. The van der Waals surface area contributed by atoms with Crippen LogP contribution in [0.2, 0.25) is 5.02 Å². The number of nitrogens with one attached hydrogen (secondary N) is 1. The minimum absolute atomic E-state index is 0.221. The lowest BCUT2D eigenvalue weighted by atomic mass is 10.0. The number of fused-ring (bicyclic) bond motifs is 1. The van der Waals surface area contributed by atoms with E-state index in [0.29, 0.717) is 35.1 Å². The summed E-state index contributed by atoms with van der Waals surface area (Å²) in [6.45, 7) is 0.666. The number of carbonyl (C=O) groups is 1. The van der Waals surface area contributed by atoms with Crippen LogP contribution in [0.25, 0.3) is 16.9 Å². The molecule has 9 nitrogen and oxygen atoms in total. The minimum Gasteiger partial charge on any atom is -0.505 e. The smallest absolute Gasteiger partial charge is 0.278 e. The fraction of sp³-hybridized carbons (Fsp3) is 0.167. The summed E-state index contributed by atoms with van der Waals surface area (Å²) in [5.41, 5.74) is 2.92. The number of benzene rings is 2. The molecule has 1 aliphatic rings. The predicted molar refractivity (Wildman–Crippen MR) is 126 cm³/mol. The number of hydrogen-bond donors (Lipinski definition) is 2. The van der Waals surface area contributed by atoms with Crippen LogP contribution in [0, 0.1) is 0 Å². The number of rotatable bonds is 4. The van der Waals surface area contributed by atoms with Crippen molar-refractivity contribution in [2.45, 2.75) is 13.0 Å². The zero-order valence-corrected chi connectivity index (χ0v) is 18.9. The fourth-order valence-corrected chi connectivity index (χ4v) is 4.26. The quantitative estimate of drug-likeness (QED) is 0.466. The molecule has 0 saturated heterocycles. The monoisotopic (exact) mass is 477 g/mol. The van der Waals surface area contributed by atoms with Gasteiger partial charge in [0.2, 0.25) is 0 Å². The van der Waals surface area contributed by atoms with E-state index in [1.54, 1.807) is 35.2 Å². The summed E-state index contributed by atoms with van der Waals surface area (Å²) in [7, 11) is 1.48. The average molecular weight is 478 g/mol. The van der Waals surface area contributed by atoms with E-state index in [2.05, 4.69) is 15.3 Å². The van der Waals surface area contributed by atoms with Crippen molar-refractivity contribution in [3.8, 4) is 28.4 Å². The molecule has 0 aliphatic carbocycles. The lowest BCUT2D eigenvalue weighted by molar-refractivity contribution is 0.0723. The maximum absolute atomic E-state index is 13.4. The van der Waals surface area contributed by atoms with Gasteiger partial charge in [-0.05, 0) is 24.3 Å². The maximum Gasteiger partial charge on any atom is 0.278 e. The Labute approximate surface area is 199 Å². The molecule has 0 saturated carbocycles. The second kappa shape index (κ2) is 8.68. The highest BCUT2D eigenvalue weighted by molar-refractivity contribution is 6.30. The molecule has 0 fully saturated rings. The van der Waals surface area contributed by atoms with E-state index in [-0.39, 0.29) is 12.2 Å². The molecule has 34 heavy (non-hydrogen) atoms. The van der Waals surface area contributed by atoms with Crippen LogP contribution >= 0.6 is 11.6 Å². The number of methoxy groups -OCH3 is 1. The first-order chi connectivity index (χ1) is 16.5. The number of aromatic amines is 1. The van der Waals surface area contributed by atoms with Crippen molar-refractivity contribution < 1.29 is 14.6 Å². The number of hydrogen-bond acceptors (Lipinski definition) is 6. The van der Waals surface area contributed by atoms with Gasteiger partial charge >= 0.3 is 0 Å². The zero-order chi connectivity index (χ0) is 23.8. The van der Waals surface area contributed by atoms with Crippen LogP contribution in [0.4, 0.5) is 0 Å². The molecule has 0 radical (unpaired) electrons. The molecule has 0 spiro atoms. The van der Waals surface area contributed by atoms with E-state index in [4.69, 9.17) is 16.3 Å². The van der Waals surface area contributed by atoms with E-state index in [1.807, 2.05) is 18.2 Å². The Kier molecular flexibility index (Phi) is 5.54. The van der Waals surface area contributed by atoms with E-state index in [1.165, 1.54) is 7.11 Å². The summed E-state index contributed by atoms with van der Waals surface area (Å²) < 4.78 is 6.37. The van der Waals surface area contributed by atoms with Crippen molar-refractivity contribution >= 4 is 17.5 Å². The van der Waals surface area contributed by atoms with Crippen LogP contribution in [0.3, 0.4) is 0 Å². The Morgan fingerprint density at radius 3 is 2.79 bits per heavy atom. The first kappa shape index (κ1) is 21.7. The molecular weight excluding hydrogens is 458 g/mol. The number of H-pyrrole nitrogens is 1. The van der Waals surface area contributed by atoms with E-state index < -0.39 is 17.2 Å². The Morgan fingerprint density at radius 2 is 2.00 bits per heavy atom. The van der Waals surface area contributed by atoms with Crippen molar-refractivity contribution in [2.75, 3.05) is 13.7 Å². The van der Waals surface area contributed by atoms with Crippen molar-refractivity contribution in [3.63, 3.8) is 0 Å². The Bertz CT molecular complexity index is 1460. The van der Waals surface area contributed by atoms with Crippen LogP contribution in [0.15, 0.2) is 59.4 Å². The van der Waals surface area contributed by atoms with Gasteiger partial charge in [-0.3, -0.25) is 14.7 Å².